The molecular formula is C13H20N4O4. The van der Waals surface area contributed by atoms with Crippen LogP contribution in [-0.4, -0.2) is 55.5 Å². The Balaban J connectivity index is 1.90. The van der Waals surface area contributed by atoms with E-state index in [1.807, 2.05) is 20.8 Å². The number of carboxylic acid groups (broad SMARTS) is 1. The van der Waals surface area contributed by atoms with E-state index >= 15 is 0 Å². The fraction of sp³-hybridized carbons (Fsp3) is 0.692. The molecule has 1 N–H and O–H groups in total. The first-order valence-corrected chi connectivity index (χ1v) is 6.88. The number of amides is 1. The summed E-state index contributed by atoms with van der Waals surface area (Å²) < 4.78 is 6.89. The van der Waals surface area contributed by atoms with Crippen molar-refractivity contribution in [3.8, 4) is 0 Å². The largest absolute Gasteiger partial charge is 0.475 e. The van der Waals surface area contributed by atoms with Crippen LogP contribution in [0.1, 0.15) is 50.3 Å². The van der Waals surface area contributed by atoms with E-state index in [2.05, 4.69) is 10.1 Å². The van der Waals surface area contributed by atoms with Crippen LogP contribution in [-0.2, 0) is 4.74 Å². The second-order valence-corrected chi connectivity index (χ2v) is 6.05. The smallest absolute Gasteiger partial charge is 0.410 e. The monoisotopic (exact) mass is 296 g/mol. The molecule has 8 heteroatoms. The number of rotatable bonds is 2. The summed E-state index contributed by atoms with van der Waals surface area (Å²) in [6.07, 6.45) is 2.51. The van der Waals surface area contributed by atoms with Gasteiger partial charge < -0.3 is 14.7 Å². The van der Waals surface area contributed by atoms with Crippen LogP contribution in [0.2, 0.25) is 0 Å². The number of carbonyl (C=O) groups is 2. The number of aromatic carboxylic acids is 1. The summed E-state index contributed by atoms with van der Waals surface area (Å²) >= 11 is 0. The molecule has 1 aliphatic heterocycles. The van der Waals surface area contributed by atoms with Crippen molar-refractivity contribution in [2.45, 2.75) is 45.3 Å². The average Bonchev–Trinajstić information content (AvgIpc) is 2.86. The molecule has 1 fully saturated rings. The normalized spacial score (nSPS) is 16.8. The molecule has 2 heterocycles. The van der Waals surface area contributed by atoms with Crippen LogP contribution in [0.3, 0.4) is 0 Å². The van der Waals surface area contributed by atoms with Gasteiger partial charge in [0.1, 0.15) is 11.9 Å². The number of ether oxygens (including phenoxy) is 1. The lowest BCUT2D eigenvalue weighted by atomic mass is 10.1. The zero-order chi connectivity index (χ0) is 15.6. The number of piperidine rings is 1. The van der Waals surface area contributed by atoms with Gasteiger partial charge in [0, 0.05) is 13.1 Å². The second kappa shape index (κ2) is 5.71. The second-order valence-electron chi connectivity index (χ2n) is 6.05. The summed E-state index contributed by atoms with van der Waals surface area (Å²) in [6, 6.07) is 0.0595. The van der Waals surface area contributed by atoms with Crippen LogP contribution < -0.4 is 0 Å². The number of nitrogens with zero attached hydrogens (tertiary/aromatic N) is 4. The van der Waals surface area contributed by atoms with Crippen molar-refractivity contribution in [1.82, 2.24) is 19.7 Å². The molecule has 1 saturated heterocycles. The standard InChI is InChI=1S/C13H20N4O4/c1-13(2,3)21-12(20)16-6-4-9(5-7-16)17-8-14-10(15-17)11(18)19/h8-9H,4-7H2,1-3H3,(H,18,19). The number of carboxylic acids is 1. The van der Waals surface area contributed by atoms with Gasteiger partial charge in [-0.3, -0.25) is 0 Å². The maximum atomic E-state index is 11.9. The van der Waals surface area contributed by atoms with E-state index in [1.54, 1.807) is 9.58 Å². The molecule has 0 atom stereocenters. The van der Waals surface area contributed by atoms with Gasteiger partial charge in [-0.1, -0.05) is 0 Å². The minimum absolute atomic E-state index is 0.0595. The highest BCUT2D eigenvalue weighted by atomic mass is 16.6. The van der Waals surface area contributed by atoms with Crippen molar-refractivity contribution in [2.24, 2.45) is 0 Å². The van der Waals surface area contributed by atoms with Gasteiger partial charge in [0.05, 0.1) is 6.04 Å². The summed E-state index contributed by atoms with van der Waals surface area (Å²) in [5.41, 5.74) is -0.504. The van der Waals surface area contributed by atoms with Gasteiger partial charge in [0.15, 0.2) is 0 Å². The maximum Gasteiger partial charge on any atom is 0.410 e. The quantitative estimate of drug-likeness (QED) is 0.889. The van der Waals surface area contributed by atoms with Crippen LogP contribution in [0.15, 0.2) is 6.33 Å². The SMILES string of the molecule is CC(C)(C)OC(=O)N1CCC(n2cnc(C(=O)O)n2)CC1. The molecule has 0 bridgehead atoms. The molecule has 0 unspecified atom stereocenters. The van der Waals surface area contributed by atoms with Crippen molar-refractivity contribution in [1.29, 1.82) is 0 Å². The highest BCUT2D eigenvalue weighted by Crippen LogP contribution is 2.23. The van der Waals surface area contributed by atoms with E-state index in [0.717, 1.165) is 0 Å². The minimum atomic E-state index is -1.14. The van der Waals surface area contributed by atoms with E-state index in [-0.39, 0.29) is 18.0 Å². The molecule has 0 spiro atoms. The third-order valence-electron chi connectivity index (χ3n) is 3.19. The molecule has 116 valence electrons. The third-order valence-corrected chi connectivity index (χ3v) is 3.19. The molecule has 2 rings (SSSR count). The van der Waals surface area contributed by atoms with Gasteiger partial charge in [-0.05, 0) is 33.6 Å². The molecule has 1 aromatic rings. The van der Waals surface area contributed by atoms with Crippen LogP contribution in [0.5, 0.6) is 0 Å². The molecule has 8 nitrogen and oxygen atoms in total. The zero-order valence-corrected chi connectivity index (χ0v) is 12.4. The van der Waals surface area contributed by atoms with Gasteiger partial charge in [-0.25, -0.2) is 19.3 Å². The minimum Gasteiger partial charge on any atom is -0.475 e. The molecule has 0 saturated carbocycles. The first kappa shape index (κ1) is 15.3. The van der Waals surface area contributed by atoms with Crippen LogP contribution in [0.4, 0.5) is 4.79 Å². The van der Waals surface area contributed by atoms with Gasteiger partial charge in [0.25, 0.3) is 5.82 Å². The van der Waals surface area contributed by atoms with Crippen LogP contribution >= 0.6 is 0 Å². The molecule has 0 aromatic carbocycles. The number of hydrogen-bond acceptors (Lipinski definition) is 5. The average molecular weight is 296 g/mol. The third kappa shape index (κ3) is 3.93. The lowest BCUT2D eigenvalue weighted by Crippen LogP contribution is -2.42. The van der Waals surface area contributed by atoms with Gasteiger partial charge >= 0.3 is 12.1 Å². The van der Waals surface area contributed by atoms with Crippen LogP contribution in [0, 0.1) is 0 Å². The van der Waals surface area contributed by atoms with Gasteiger partial charge in [-0.15, -0.1) is 5.10 Å². The number of likely N-dealkylation sites (tertiary alicyclic amines) is 1. The van der Waals surface area contributed by atoms with E-state index in [1.165, 1.54) is 6.33 Å². The number of aromatic nitrogens is 3. The van der Waals surface area contributed by atoms with Crippen molar-refractivity contribution >= 4 is 12.1 Å². The Morgan fingerprint density at radius 2 is 1.95 bits per heavy atom. The Bertz CT molecular complexity index is 527. The lowest BCUT2D eigenvalue weighted by Gasteiger charge is -2.33. The number of carbonyl (C=O) groups excluding carboxylic acids is 1. The van der Waals surface area contributed by atoms with Gasteiger partial charge in [-0.2, -0.15) is 0 Å². The topological polar surface area (TPSA) is 97.6 Å². The molecular weight excluding hydrogens is 276 g/mol. The summed E-state index contributed by atoms with van der Waals surface area (Å²) in [5, 5.41) is 12.7. The Labute approximate surface area is 122 Å². The molecule has 1 aromatic heterocycles. The molecule has 1 amide bonds. The predicted molar refractivity (Wildman–Crippen MR) is 73.1 cm³/mol. The molecule has 0 aliphatic carbocycles. The Kier molecular flexibility index (Phi) is 4.15. The lowest BCUT2D eigenvalue weighted by molar-refractivity contribution is 0.0184. The predicted octanol–water partition coefficient (Wildman–Crippen LogP) is 1.55. The first-order valence-electron chi connectivity index (χ1n) is 6.88. The van der Waals surface area contributed by atoms with E-state index in [9.17, 15) is 9.59 Å². The van der Waals surface area contributed by atoms with Crippen molar-refractivity contribution in [2.75, 3.05) is 13.1 Å². The van der Waals surface area contributed by atoms with E-state index in [0.29, 0.717) is 25.9 Å². The highest BCUT2D eigenvalue weighted by molar-refractivity contribution is 5.82. The fourth-order valence-electron chi connectivity index (χ4n) is 2.19. The van der Waals surface area contributed by atoms with Gasteiger partial charge in [0.2, 0.25) is 0 Å². The maximum absolute atomic E-state index is 11.9. The van der Waals surface area contributed by atoms with E-state index < -0.39 is 11.6 Å². The fourth-order valence-corrected chi connectivity index (χ4v) is 2.19. The highest BCUT2D eigenvalue weighted by Gasteiger charge is 2.28. The Morgan fingerprint density at radius 3 is 2.43 bits per heavy atom. The molecule has 21 heavy (non-hydrogen) atoms. The molecule has 0 radical (unpaired) electrons. The van der Waals surface area contributed by atoms with Crippen molar-refractivity contribution in [3.63, 3.8) is 0 Å². The zero-order valence-electron chi connectivity index (χ0n) is 12.4. The van der Waals surface area contributed by atoms with Crippen molar-refractivity contribution < 1.29 is 19.4 Å². The summed E-state index contributed by atoms with van der Waals surface area (Å²) in [7, 11) is 0. The Morgan fingerprint density at radius 1 is 1.33 bits per heavy atom. The Hall–Kier alpha value is -2.12. The van der Waals surface area contributed by atoms with Crippen LogP contribution in [0.25, 0.3) is 0 Å². The summed E-state index contributed by atoms with van der Waals surface area (Å²) in [4.78, 5) is 28.1. The summed E-state index contributed by atoms with van der Waals surface area (Å²) in [5.74, 6) is -1.34. The van der Waals surface area contributed by atoms with Crippen molar-refractivity contribution in [3.05, 3.63) is 12.2 Å². The number of hydrogen-bond donors (Lipinski definition) is 1. The van der Waals surface area contributed by atoms with E-state index in [4.69, 9.17) is 9.84 Å². The first-order chi connectivity index (χ1) is 9.76. The summed E-state index contributed by atoms with van der Waals surface area (Å²) in [6.45, 7) is 6.62. The molecule has 1 aliphatic rings.